The number of nitrogens with zero attached hydrogens (tertiary/aromatic N) is 4. The van der Waals surface area contributed by atoms with Crippen molar-refractivity contribution in [1.29, 1.82) is 0 Å². The van der Waals surface area contributed by atoms with E-state index >= 15 is 0 Å². The fraction of sp³-hybridized carbons (Fsp3) is 0.632. The van der Waals surface area contributed by atoms with E-state index in [1.807, 2.05) is 71.7 Å². The van der Waals surface area contributed by atoms with Crippen LogP contribution in [0.3, 0.4) is 0 Å². The maximum Gasteiger partial charge on any atom is 0.326 e. The molecule has 2 aliphatic rings. The van der Waals surface area contributed by atoms with Crippen LogP contribution >= 0.6 is 0 Å². The van der Waals surface area contributed by atoms with Crippen LogP contribution < -0.4 is 37.6 Å². The number of anilines is 1. The molecule has 516 valence electrons. The van der Waals surface area contributed by atoms with Gasteiger partial charge in [-0.15, -0.1) is 0 Å². The number of carbonyl (C=O) groups is 11. The van der Waals surface area contributed by atoms with Crippen molar-refractivity contribution in [2.24, 2.45) is 35.3 Å². The molecule has 0 aliphatic carbocycles. The maximum atomic E-state index is 14.9. The third-order valence-corrected chi connectivity index (χ3v) is 17.8. The Hall–Kier alpha value is -7.77. The number of amides is 11. The lowest BCUT2D eigenvalue weighted by molar-refractivity contribution is -0.148. The number of likely N-dealkylation sites (N-methyl/N-ethyl adjacent to an activating group) is 2. The van der Waals surface area contributed by atoms with Gasteiger partial charge in [0, 0.05) is 78.1 Å². The Balaban J connectivity index is 1.38. The van der Waals surface area contributed by atoms with E-state index in [2.05, 4.69) is 31.9 Å². The lowest BCUT2D eigenvalue weighted by Gasteiger charge is -2.41. The number of urea groups is 1. The molecule has 0 spiro atoms. The SMILES string of the molecule is CC[C@H](C)[C@@H]([C@@H](CC(=O)N1CCC[C@H]1[C@H](OC)[C@@H](C)C(=O)N[C@@H](Cc1ccccc1)C(=O)O)OC)N(C)C(=O)[C@@H](NC(=O)[C@H](C(C)C)N(C)CCc1ccc(NC(=O)[C@H](CCCNC(N)=O)NC(=O)[C@@H](NC(=O)CCCCCN2C(=O)C=CC2=O)C(C)C)cc1)C(C)C. The first-order chi connectivity index (χ1) is 44.0. The molecule has 25 heteroatoms. The van der Waals surface area contributed by atoms with Gasteiger partial charge in [-0.3, -0.25) is 53.0 Å². The molecule has 2 aromatic carbocycles. The molecule has 1 fully saturated rings. The van der Waals surface area contributed by atoms with Gasteiger partial charge >= 0.3 is 12.0 Å². The molecular formula is C68H105N11O14. The number of hydrogen-bond donors (Lipinski definition) is 8. The lowest BCUT2D eigenvalue weighted by Crippen LogP contribution is -2.60. The molecule has 2 aromatic rings. The summed E-state index contributed by atoms with van der Waals surface area (Å²) in [5.41, 5.74) is 7.36. The minimum absolute atomic E-state index is 0.0900. The number of carboxylic acids is 1. The Labute approximate surface area is 549 Å². The molecule has 0 bridgehead atoms. The van der Waals surface area contributed by atoms with Gasteiger partial charge in [-0.1, -0.05) is 118 Å². The number of nitrogens with two attached hydrogens (primary N) is 1. The number of methoxy groups -OCH3 is 2. The Morgan fingerprint density at radius 1 is 0.710 bits per heavy atom. The maximum absolute atomic E-state index is 14.9. The van der Waals surface area contributed by atoms with E-state index < -0.39 is 90.1 Å². The molecule has 0 unspecified atom stereocenters. The summed E-state index contributed by atoms with van der Waals surface area (Å²) in [5.74, 6) is -6.62. The van der Waals surface area contributed by atoms with Crippen LogP contribution in [0.4, 0.5) is 10.5 Å². The number of likely N-dealkylation sites (tertiary alicyclic amines) is 1. The van der Waals surface area contributed by atoms with Crippen LogP contribution in [0.2, 0.25) is 0 Å². The standard InChI is InChI=1S/C68H105N11O14/c1-14-44(8)60(52(92-12)40-56(83)78-37-22-26-51(78)61(93-13)45(9)62(84)73-50(67(89)90)39-47-23-17-15-18-24-47)77(11)66(88)58(42(4)5)75-65(87)59(43(6)7)76(10)38-34-46-28-30-48(31-29-46)71-63(85)49(25-21-35-70-68(69)91)72-64(86)57(41(2)3)74-53(80)27-19-16-20-36-79-54(81)32-33-55(79)82/h15,17-18,23-24,28-33,41-45,49-52,57-61H,14,16,19-22,25-27,34-40H2,1-13H3,(H,71,85)(H,72,86)(H,73,84)(H,74,80)(H,75,87)(H,89,90)(H3,69,70,91)/t44-,45+,49-,50-,51-,52+,57-,58-,59-,60-,61+/m0/s1. The highest BCUT2D eigenvalue weighted by molar-refractivity contribution is 6.12. The summed E-state index contributed by atoms with van der Waals surface area (Å²) in [7, 11) is 6.51. The summed E-state index contributed by atoms with van der Waals surface area (Å²) in [6.07, 6.45) is 5.36. The predicted octanol–water partition coefficient (Wildman–Crippen LogP) is 4.56. The molecule has 11 atom stereocenters. The van der Waals surface area contributed by atoms with E-state index in [-0.39, 0.29) is 104 Å². The van der Waals surface area contributed by atoms with Crippen LogP contribution in [0.1, 0.15) is 138 Å². The number of ether oxygens (including phenoxy) is 2. The zero-order chi connectivity index (χ0) is 69.2. The van der Waals surface area contributed by atoms with Crippen molar-refractivity contribution in [3.05, 3.63) is 77.9 Å². The predicted molar refractivity (Wildman–Crippen MR) is 352 cm³/mol. The lowest BCUT2D eigenvalue weighted by atomic mass is 9.89. The Morgan fingerprint density at radius 2 is 1.34 bits per heavy atom. The van der Waals surface area contributed by atoms with Crippen molar-refractivity contribution < 1.29 is 67.3 Å². The Bertz CT molecular complexity index is 2840. The summed E-state index contributed by atoms with van der Waals surface area (Å²) >= 11 is 0. The molecular weight excluding hydrogens is 1190 g/mol. The molecule has 9 N–H and O–H groups in total. The normalized spacial score (nSPS) is 17.2. The molecule has 25 nitrogen and oxygen atoms in total. The van der Waals surface area contributed by atoms with Crippen LogP contribution in [0.15, 0.2) is 66.7 Å². The van der Waals surface area contributed by atoms with E-state index in [1.165, 1.54) is 26.4 Å². The molecule has 1 saturated heterocycles. The minimum Gasteiger partial charge on any atom is -0.480 e. The van der Waals surface area contributed by atoms with Crippen molar-refractivity contribution in [2.45, 2.75) is 194 Å². The van der Waals surface area contributed by atoms with Crippen LogP contribution in [0, 0.1) is 29.6 Å². The monoisotopic (exact) mass is 1300 g/mol. The number of aliphatic carboxylic acids is 1. The molecule has 2 aliphatic heterocycles. The van der Waals surface area contributed by atoms with Crippen molar-refractivity contribution in [2.75, 3.05) is 59.8 Å². The minimum atomic E-state index is -1.18. The Morgan fingerprint density at radius 3 is 1.91 bits per heavy atom. The molecule has 4 rings (SSSR count). The zero-order valence-corrected chi connectivity index (χ0v) is 56.9. The third-order valence-electron chi connectivity index (χ3n) is 17.8. The first kappa shape index (κ1) is 77.7. The average Bonchev–Trinajstić information content (AvgIpc) is 1.83. The molecule has 93 heavy (non-hydrogen) atoms. The second-order valence-corrected chi connectivity index (χ2v) is 25.8. The van der Waals surface area contributed by atoms with Crippen molar-refractivity contribution in [3.8, 4) is 0 Å². The second-order valence-electron chi connectivity index (χ2n) is 25.8. The van der Waals surface area contributed by atoms with Crippen LogP contribution in [-0.2, 0) is 70.3 Å². The van der Waals surface area contributed by atoms with Gasteiger partial charge in [-0.25, -0.2) is 9.59 Å². The number of benzene rings is 2. The van der Waals surface area contributed by atoms with Crippen molar-refractivity contribution in [1.82, 2.24) is 46.2 Å². The number of nitrogens with one attached hydrogen (secondary N) is 6. The number of carbonyl (C=O) groups excluding carboxylic acids is 10. The van der Waals surface area contributed by atoms with Crippen molar-refractivity contribution >= 4 is 70.9 Å². The van der Waals surface area contributed by atoms with Gasteiger partial charge in [0.1, 0.15) is 24.2 Å². The van der Waals surface area contributed by atoms with E-state index in [4.69, 9.17) is 15.2 Å². The number of unbranched alkanes of at least 4 members (excludes halogenated alkanes) is 2. The van der Waals surface area contributed by atoms with E-state index in [0.717, 1.165) is 16.0 Å². The fourth-order valence-electron chi connectivity index (χ4n) is 12.3. The molecule has 0 radical (unpaired) electrons. The first-order valence-corrected chi connectivity index (χ1v) is 32.8. The van der Waals surface area contributed by atoms with E-state index in [0.29, 0.717) is 63.7 Å². The molecule has 11 amide bonds. The van der Waals surface area contributed by atoms with Gasteiger partial charge in [-0.05, 0) is 98.9 Å². The first-order valence-electron chi connectivity index (χ1n) is 32.8. The number of hydrogen-bond acceptors (Lipinski definition) is 14. The molecule has 2 heterocycles. The fourth-order valence-corrected chi connectivity index (χ4v) is 12.3. The van der Waals surface area contributed by atoms with Gasteiger partial charge in [0.25, 0.3) is 11.8 Å². The number of imide groups is 1. The van der Waals surface area contributed by atoms with Gasteiger partial charge in [0.2, 0.25) is 41.4 Å². The highest BCUT2D eigenvalue weighted by atomic mass is 16.5. The van der Waals surface area contributed by atoms with E-state index in [1.54, 1.807) is 74.0 Å². The third kappa shape index (κ3) is 23.6. The van der Waals surface area contributed by atoms with Gasteiger partial charge in [-0.2, -0.15) is 0 Å². The summed E-state index contributed by atoms with van der Waals surface area (Å²) in [6, 6.07) is 9.55. The molecule has 0 aromatic heterocycles. The van der Waals surface area contributed by atoms with Gasteiger partial charge < -0.3 is 62.0 Å². The van der Waals surface area contributed by atoms with Crippen LogP contribution in [0.5, 0.6) is 0 Å². The Kier molecular flexibility index (Phi) is 32.1. The largest absolute Gasteiger partial charge is 0.480 e. The summed E-state index contributed by atoms with van der Waals surface area (Å²) in [6.45, 7) is 18.0. The smallest absolute Gasteiger partial charge is 0.326 e. The number of carboxylic acid groups (broad SMARTS) is 1. The topological polar surface area (TPSA) is 338 Å². The number of rotatable bonds is 40. The van der Waals surface area contributed by atoms with Crippen molar-refractivity contribution in [3.63, 3.8) is 0 Å². The average molecular weight is 1300 g/mol. The van der Waals surface area contributed by atoms with E-state index in [9.17, 15) is 57.8 Å². The highest BCUT2D eigenvalue weighted by Gasteiger charge is 2.44. The molecule has 0 saturated carbocycles. The summed E-state index contributed by atoms with van der Waals surface area (Å²) in [4.78, 5) is 152. The van der Waals surface area contributed by atoms with Gasteiger partial charge in [0.15, 0.2) is 0 Å². The zero-order valence-electron chi connectivity index (χ0n) is 56.9. The second kappa shape index (κ2) is 38.4. The summed E-state index contributed by atoms with van der Waals surface area (Å²) < 4.78 is 12.0. The van der Waals surface area contributed by atoms with Crippen LogP contribution in [-0.4, -0.2) is 199 Å². The number of primary amides is 1. The quantitative estimate of drug-likeness (QED) is 0.0335. The summed E-state index contributed by atoms with van der Waals surface area (Å²) in [5, 5.41) is 26.8. The highest BCUT2D eigenvalue weighted by Crippen LogP contribution is 2.30. The van der Waals surface area contributed by atoms with Gasteiger partial charge in [0.05, 0.1) is 42.7 Å². The van der Waals surface area contributed by atoms with Crippen LogP contribution in [0.25, 0.3) is 0 Å².